The minimum Gasteiger partial charge on any atom is -0.492 e. The zero-order chi connectivity index (χ0) is 18.9. The Bertz CT molecular complexity index is 871. The molecule has 0 aliphatic heterocycles. The Morgan fingerprint density at radius 2 is 2.00 bits per heavy atom. The number of aromatic nitrogens is 2. The van der Waals surface area contributed by atoms with Crippen molar-refractivity contribution in [3.05, 3.63) is 60.2 Å². The Morgan fingerprint density at radius 3 is 2.81 bits per heavy atom. The summed E-state index contributed by atoms with van der Waals surface area (Å²) in [6.07, 6.45) is 0. The number of hydrogen-bond acceptors (Lipinski definition) is 7. The van der Waals surface area contributed by atoms with Gasteiger partial charge in [-0.1, -0.05) is 53.4 Å². The van der Waals surface area contributed by atoms with E-state index < -0.39 is 0 Å². The lowest BCUT2D eigenvalue weighted by atomic mass is 10.2. The van der Waals surface area contributed by atoms with E-state index in [-0.39, 0.29) is 5.91 Å². The molecule has 0 saturated carbocycles. The summed E-state index contributed by atoms with van der Waals surface area (Å²) in [5, 5.41) is 15.0. The summed E-state index contributed by atoms with van der Waals surface area (Å²) in [5.41, 5.74) is 2.14. The molecule has 0 aliphatic carbocycles. The molecule has 2 N–H and O–H groups in total. The number of nitrogens with zero attached hydrogens (tertiary/aromatic N) is 2. The van der Waals surface area contributed by atoms with E-state index in [4.69, 9.17) is 4.74 Å². The number of benzene rings is 2. The molecule has 0 saturated heterocycles. The van der Waals surface area contributed by atoms with Gasteiger partial charge in [-0.05, 0) is 36.8 Å². The highest BCUT2D eigenvalue weighted by atomic mass is 32.2. The average Bonchev–Trinajstić information content (AvgIpc) is 3.12. The van der Waals surface area contributed by atoms with E-state index >= 15 is 0 Å². The van der Waals surface area contributed by atoms with E-state index in [2.05, 4.69) is 20.8 Å². The number of aryl methyl sites for hydroxylation is 1. The number of carbonyl (C=O) groups is 1. The van der Waals surface area contributed by atoms with Crippen LogP contribution in [0.25, 0.3) is 0 Å². The maximum absolute atomic E-state index is 11.9. The molecular weight excluding hydrogens is 380 g/mol. The second-order valence-corrected chi connectivity index (χ2v) is 7.87. The van der Waals surface area contributed by atoms with Gasteiger partial charge in [0.25, 0.3) is 0 Å². The van der Waals surface area contributed by atoms with Crippen LogP contribution in [0.5, 0.6) is 5.75 Å². The first-order chi connectivity index (χ1) is 13.2. The van der Waals surface area contributed by atoms with Crippen molar-refractivity contribution < 1.29 is 9.53 Å². The SMILES string of the molecule is Cc1cccc(Nc2nnc(SCC(=O)NCCOc3ccccc3)s2)c1. The molecule has 0 unspecified atom stereocenters. The molecule has 8 heteroatoms. The van der Waals surface area contributed by atoms with Crippen LogP contribution in [0, 0.1) is 6.92 Å². The Hall–Kier alpha value is -2.58. The summed E-state index contributed by atoms with van der Waals surface area (Å²) in [4.78, 5) is 11.9. The predicted octanol–water partition coefficient (Wildman–Crippen LogP) is 3.88. The minimum absolute atomic E-state index is 0.0555. The third-order valence-electron chi connectivity index (χ3n) is 3.44. The molecule has 3 rings (SSSR count). The average molecular weight is 401 g/mol. The van der Waals surface area contributed by atoms with Crippen LogP contribution in [0.3, 0.4) is 0 Å². The fourth-order valence-corrected chi connectivity index (χ4v) is 3.82. The molecule has 1 amide bonds. The normalized spacial score (nSPS) is 10.4. The van der Waals surface area contributed by atoms with Crippen molar-refractivity contribution in [1.82, 2.24) is 15.5 Å². The van der Waals surface area contributed by atoms with Crippen LogP contribution in [0.2, 0.25) is 0 Å². The van der Waals surface area contributed by atoms with Gasteiger partial charge in [0.05, 0.1) is 12.3 Å². The van der Waals surface area contributed by atoms with Gasteiger partial charge in [-0.3, -0.25) is 4.79 Å². The molecule has 1 aromatic heterocycles. The molecule has 6 nitrogen and oxygen atoms in total. The highest BCUT2D eigenvalue weighted by Gasteiger charge is 2.08. The molecule has 1 heterocycles. The van der Waals surface area contributed by atoms with Crippen molar-refractivity contribution in [3.8, 4) is 5.75 Å². The molecule has 0 atom stereocenters. The number of nitrogens with one attached hydrogen (secondary N) is 2. The van der Waals surface area contributed by atoms with E-state index in [1.807, 2.05) is 61.5 Å². The van der Waals surface area contributed by atoms with Crippen LogP contribution in [-0.4, -0.2) is 35.0 Å². The summed E-state index contributed by atoms with van der Waals surface area (Å²) in [5.74, 6) is 1.04. The molecule has 140 valence electrons. The van der Waals surface area contributed by atoms with Gasteiger partial charge in [0, 0.05) is 5.69 Å². The number of carbonyl (C=O) groups excluding carboxylic acids is 1. The molecule has 3 aromatic rings. The lowest BCUT2D eigenvalue weighted by Gasteiger charge is -2.07. The standard InChI is InChI=1S/C19H20N4O2S2/c1-14-6-5-7-15(12-14)21-18-22-23-19(27-18)26-13-17(24)20-10-11-25-16-8-3-2-4-9-16/h2-9,12H,10-11,13H2,1H3,(H,20,24)(H,21,22). The second-order valence-electron chi connectivity index (χ2n) is 5.67. The van der Waals surface area contributed by atoms with Gasteiger partial charge in [0.1, 0.15) is 12.4 Å². The largest absolute Gasteiger partial charge is 0.492 e. The van der Waals surface area contributed by atoms with Crippen molar-refractivity contribution in [2.24, 2.45) is 0 Å². The summed E-state index contributed by atoms with van der Waals surface area (Å²) in [7, 11) is 0. The minimum atomic E-state index is -0.0555. The highest BCUT2D eigenvalue weighted by molar-refractivity contribution is 8.01. The van der Waals surface area contributed by atoms with Crippen LogP contribution in [0.15, 0.2) is 58.9 Å². The highest BCUT2D eigenvalue weighted by Crippen LogP contribution is 2.27. The summed E-state index contributed by atoms with van der Waals surface area (Å²) in [6.45, 7) is 2.93. The van der Waals surface area contributed by atoms with Gasteiger partial charge in [-0.15, -0.1) is 10.2 Å². The number of ether oxygens (including phenoxy) is 1. The van der Waals surface area contributed by atoms with Crippen molar-refractivity contribution in [1.29, 1.82) is 0 Å². The van der Waals surface area contributed by atoms with E-state index in [1.54, 1.807) is 0 Å². The number of amides is 1. The molecule has 2 aromatic carbocycles. The number of hydrogen-bond donors (Lipinski definition) is 2. The first-order valence-electron chi connectivity index (χ1n) is 8.43. The van der Waals surface area contributed by atoms with Crippen LogP contribution in [0.1, 0.15) is 5.56 Å². The fraction of sp³-hybridized carbons (Fsp3) is 0.211. The smallest absolute Gasteiger partial charge is 0.230 e. The number of rotatable bonds is 9. The van der Waals surface area contributed by atoms with Crippen molar-refractivity contribution in [3.63, 3.8) is 0 Å². The Labute approximate surface area is 166 Å². The lowest BCUT2D eigenvalue weighted by molar-refractivity contribution is -0.118. The summed E-state index contributed by atoms with van der Waals surface area (Å²) < 4.78 is 6.29. The molecular formula is C19H20N4O2S2. The zero-order valence-corrected chi connectivity index (χ0v) is 16.5. The molecule has 0 fully saturated rings. The molecule has 27 heavy (non-hydrogen) atoms. The van der Waals surface area contributed by atoms with Crippen LogP contribution in [0.4, 0.5) is 10.8 Å². The van der Waals surface area contributed by atoms with Crippen molar-refractivity contribution in [2.45, 2.75) is 11.3 Å². The van der Waals surface area contributed by atoms with Crippen LogP contribution >= 0.6 is 23.1 Å². The maximum atomic E-state index is 11.9. The van der Waals surface area contributed by atoms with E-state index in [1.165, 1.54) is 28.7 Å². The second kappa shape index (κ2) is 9.94. The number of thioether (sulfide) groups is 1. The monoisotopic (exact) mass is 400 g/mol. The van der Waals surface area contributed by atoms with Crippen LogP contribution < -0.4 is 15.4 Å². The fourth-order valence-electron chi connectivity index (χ4n) is 2.22. The van der Waals surface area contributed by atoms with E-state index in [9.17, 15) is 4.79 Å². The first kappa shape index (κ1) is 19.2. The summed E-state index contributed by atoms with van der Waals surface area (Å²) in [6, 6.07) is 17.6. The van der Waals surface area contributed by atoms with E-state index in [0.717, 1.165) is 15.8 Å². The van der Waals surface area contributed by atoms with Gasteiger partial charge >= 0.3 is 0 Å². The zero-order valence-electron chi connectivity index (χ0n) is 14.8. The molecule has 0 radical (unpaired) electrons. The predicted molar refractivity (Wildman–Crippen MR) is 110 cm³/mol. The van der Waals surface area contributed by atoms with Gasteiger partial charge in [-0.25, -0.2) is 0 Å². The van der Waals surface area contributed by atoms with Crippen LogP contribution in [-0.2, 0) is 4.79 Å². The van der Waals surface area contributed by atoms with Gasteiger partial charge in [-0.2, -0.15) is 0 Å². The quantitative estimate of drug-likeness (QED) is 0.419. The Kier molecular flexibility index (Phi) is 7.06. The lowest BCUT2D eigenvalue weighted by Crippen LogP contribution is -2.29. The number of para-hydroxylation sites is 1. The van der Waals surface area contributed by atoms with E-state index in [0.29, 0.717) is 24.0 Å². The van der Waals surface area contributed by atoms with Gasteiger partial charge in [0.2, 0.25) is 11.0 Å². The van der Waals surface area contributed by atoms with Crippen molar-refractivity contribution in [2.75, 3.05) is 24.2 Å². The third kappa shape index (κ3) is 6.58. The number of anilines is 2. The molecule has 0 aliphatic rings. The van der Waals surface area contributed by atoms with Crippen molar-refractivity contribution >= 4 is 39.8 Å². The topological polar surface area (TPSA) is 76.1 Å². The first-order valence-corrected chi connectivity index (χ1v) is 10.2. The third-order valence-corrected chi connectivity index (χ3v) is 5.41. The molecule has 0 spiro atoms. The Balaban J connectivity index is 1.36. The Morgan fingerprint density at radius 1 is 1.15 bits per heavy atom. The van der Waals surface area contributed by atoms with Gasteiger partial charge in [0.15, 0.2) is 4.34 Å². The molecule has 0 bridgehead atoms. The van der Waals surface area contributed by atoms with Gasteiger partial charge < -0.3 is 15.4 Å². The maximum Gasteiger partial charge on any atom is 0.230 e. The summed E-state index contributed by atoms with van der Waals surface area (Å²) >= 11 is 2.80.